The minimum atomic E-state index is -3.81. The highest BCUT2D eigenvalue weighted by atomic mass is 32.2. The van der Waals surface area contributed by atoms with Gasteiger partial charge in [-0.2, -0.15) is 4.31 Å². The van der Waals surface area contributed by atoms with Crippen LogP contribution in [0.4, 0.5) is 0 Å². The number of hydrogen-bond donors (Lipinski definition) is 2. The Labute approximate surface area is 115 Å². The third kappa shape index (κ3) is 3.46. The zero-order valence-electron chi connectivity index (χ0n) is 11.6. The fraction of sp³-hybridized carbons (Fsp3) is 0.917. The smallest absolute Gasteiger partial charge is 0.323 e. The molecule has 3 unspecified atom stereocenters. The van der Waals surface area contributed by atoms with Gasteiger partial charge in [0.2, 0.25) is 10.0 Å². The first-order valence-electron chi connectivity index (χ1n) is 6.79. The van der Waals surface area contributed by atoms with Gasteiger partial charge in [0.15, 0.2) is 5.25 Å². The topological polar surface area (TPSA) is 101 Å². The number of carboxylic acid groups (broad SMARTS) is 1. The van der Waals surface area contributed by atoms with Crippen molar-refractivity contribution in [3.8, 4) is 0 Å². The van der Waals surface area contributed by atoms with E-state index in [0.717, 1.165) is 25.7 Å². The van der Waals surface area contributed by atoms with Crippen molar-refractivity contribution in [2.24, 2.45) is 11.7 Å². The molecule has 0 heterocycles. The standard InChI is InChI=1S/C12H24N2O4S/c1-3-14(19(17,18)9(2)12(15)16)11-7-5-4-6-10(11)8-13/h9-11H,3-8,13H2,1-2H3,(H,15,16). The van der Waals surface area contributed by atoms with Crippen LogP contribution >= 0.6 is 0 Å². The van der Waals surface area contributed by atoms with E-state index in [1.165, 1.54) is 11.2 Å². The summed E-state index contributed by atoms with van der Waals surface area (Å²) in [5.41, 5.74) is 5.73. The van der Waals surface area contributed by atoms with Crippen molar-refractivity contribution < 1.29 is 18.3 Å². The molecule has 1 aliphatic rings. The van der Waals surface area contributed by atoms with E-state index in [9.17, 15) is 13.2 Å². The molecule has 6 nitrogen and oxygen atoms in total. The van der Waals surface area contributed by atoms with Gasteiger partial charge in [0, 0.05) is 12.6 Å². The van der Waals surface area contributed by atoms with Crippen LogP contribution in [0.25, 0.3) is 0 Å². The number of carbonyl (C=O) groups is 1. The highest BCUT2D eigenvalue weighted by Crippen LogP contribution is 2.30. The van der Waals surface area contributed by atoms with Gasteiger partial charge >= 0.3 is 5.97 Å². The predicted molar refractivity (Wildman–Crippen MR) is 73.2 cm³/mol. The number of aliphatic carboxylic acids is 1. The van der Waals surface area contributed by atoms with Crippen molar-refractivity contribution in [2.45, 2.75) is 50.8 Å². The molecule has 0 aromatic heterocycles. The number of hydrogen-bond acceptors (Lipinski definition) is 4. The summed E-state index contributed by atoms with van der Waals surface area (Å²) in [5, 5.41) is 7.54. The second-order valence-electron chi connectivity index (χ2n) is 5.08. The normalized spacial score (nSPS) is 26.3. The molecule has 1 fully saturated rings. The lowest BCUT2D eigenvalue weighted by Gasteiger charge is -2.39. The van der Waals surface area contributed by atoms with Crippen LogP contribution in [-0.4, -0.2) is 48.2 Å². The number of sulfonamides is 1. The molecule has 0 aliphatic heterocycles. The van der Waals surface area contributed by atoms with Gasteiger partial charge in [0.05, 0.1) is 0 Å². The molecule has 0 bridgehead atoms. The largest absolute Gasteiger partial charge is 0.480 e. The van der Waals surface area contributed by atoms with Crippen molar-refractivity contribution >= 4 is 16.0 Å². The lowest BCUT2D eigenvalue weighted by Crippen LogP contribution is -2.51. The van der Waals surface area contributed by atoms with Gasteiger partial charge in [-0.25, -0.2) is 8.42 Å². The summed E-state index contributed by atoms with van der Waals surface area (Å²) in [7, 11) is -3.81. The average molecular weight is 292 g/mol. The Hall–Kier alpha value is -0.660. The quantitative estimate of drug-likeness (QED) is 0.747. The number of carboxylic acids is 1. The molecule has 0 aromatic carbocycles. The Morgan fingerprint density at radius 3 is 2.47 bits per heavy atom. The zero-order valence-corrected chi connectivity index (χ0v) is 12.4. The minimum absolute atomic E-state index is 0.129. The molecule has 1 saturated carbocycles. The molecular weight excluding hydrogens is 268 g/mol. The lowest BCUT2D eigenvalue weighted by molar-refractivity contribution is -0.136. The fourth-order valence-electron chi connectivity index (χ4n) is 2.78. The molecule has 7 heteroatoms. The van der Waals surface area contributed by atoms with E-state index in [-0.39, 0.29) is 12.0 Å². The van der Waals surface area contributed by atoms with E-state index in [2.05, 4.69) is 0 Å². The maximum Gasteiger partial charge on any atom is 0.323 e. The molecule has 19 heavy (non-hydrogen) atoms. The second kappa shape index (κ2) is 6.67. The van der Waals surface area contributed by atoms with Crippen LogP contribution in [-0.2, 0) is 14.8 Å². The van der Waals surface area contributed by atoms with Crippen molar-refractivity contribution in [3.63, 3.8) is 0 Å². The molecule has 0 radical (unpaired) electrons. The first-order valence-corrected chi connectivity index (χ1v) is 8.30. The molecule has 1 aliphatic carbocycles. The van der Waals surface area contributed by atoms with Gasteiger partial charge in [-0.05, 0) is 32.2 Å². The van der Waals surface area contributed by atoms with Gasteiger partial charge in [-0.15, -0.1) is 0 Å². The Balaban J connectivity index is 3.01. The molecular formula is C12H24N2O4S. The van der Waals surface area contributed by atoms with Crippen molar-refractivity contribution in [1.82, 2.24) is 4.31 Å². The Bertz CT molecular complexity index is 410. The van der Waals surface area contributed by atoms with Crippen LogP contribution in [0.3, 0.4) is 0 Å². The van der Waals surface area contributed by atoms with Gasteiger partial charge in [0.1, 0.15) is 0 Å². The molecule has 0 saturated heterocycles. The second-order valence-corrected chi connectivity index (χ2v) is 7.28. The van der Waals surface area contributed by atoms with Crippen molar-refractivity contribution in [2.75, 3.05) is 13.1 Å². The van der Waals surface area contributed by atoms with Crippen molar-refractivity contribution in [1.29, 1.82) is 0 Å². The highest BCUT2D eigenvalue weighted by molar-refractivity contribution is 7.90. The van der Waals surface area contributed by atoms with E-state index in [0.29, 0.717) is 13.1 Å². The maximum atomic E-state index is 12.4. The summed E-state index contributed by atoms with van der Waals surface area (Å²) >= 11 is 0. The van der Waals surface area contributed by atoms with E-state index < -0.39 is 21.2 Å². The van der Waals surface area contributed by atoms with Crippen LogP contribution in [0.2, 0.25) is 0 Å². The predicted octanol–water partition coefficient (Wildman–Crippen LogP) is 0.629. The molecule has 0 aromatic rings. The first-order chi connectivity index (χ1) is 8.86. The number of rotatable bonds is 6. The minimum Gasteiger partial charge on any atom is -0.480 e. The summed E-state index contributed by atoms with van der Waals surface area (Å²) in [6.07, 6.45) is 3.70. The van der Waals surface area contributed by atoms with E-state index in [4.69, 9.17) is 10.8 Å². The zero-order chi connectivity index (χ0) is 14.6. The van der Waals surface area contributed by atoms with Crippen LogP contribution in [0.15, 0.2) is 0 Å². The van der Waals surface area contributed by atoms with Crippen LogP contribution in [0.1, 0.15) is 39.5 Å². The molecule has 3 N–H and O–H groups in total. The summed E-state index contributed by atoms with van der Waals surface area (Å²) < 4.78 is 26.1. The fourth-order valence-corrected chi connectivity index (χ4v) is 4.45. The molecule has 0 amide bonds. The first kappa shape index (κ1) is 16.4. The molecule has 0 spiro atoms. The number of nitrogens with zero attached hydrogens (tertiary/aromatic N) is 1. The third-order valence-electron chi connectivity index (χ3n) is 3.97. The molecule has 112 valence electrons. The highest BCUT2D eigenvalue weighted by Gasteiger charge is 2.40. The van der Waals surface area contributed by atoms with Crippen LogP contribution in [0, 0.1) is 5.92 Å². The summed E-state index contributed by atoms with van der Waals surface area (Å²) in [5.74, 6) is -1.18. The van der Waals surface area contributed by atoms with Gasteiger partial charge in [-0.3, -0.25) is 4.79 Å². The Kier molecular flexibility index (Phi) is 5.76. The van der Waals surface area contributed by atoms with Gasteiger partial charge < -0.3 is 10.8 Å². The van der Waals surface area contributed by atoms with E-state index in [1.54, 1.807) is 6.92 Å². The van der Waals surface area contributed by atoms with E-state index >= 15 is 0 Å². The molecule has 3 atom stereocenters. The van der Waals surface area contributed by atoms with Crippen LogP contribution in [0.5, 0.6) is 0 Å². The maximum absolute atomic E-state index is 12.4. The number of nitrogens with two attached hydrogens (primary N) is 1. The summed E-state index contributed by atoms with van der Waals surface area (Å²) in [4.78, 5) is 11.0. The van der Waals surface area contributed by atoms with Crippen LogP contribution < -0.4 is 5.73 Å². The Morgan fingerprint density at radius 2 is 2.00 bits per heavy atom. The monoisotopic (exact) mass is 292 g/mol. The molecule has 1 rings (SSSR count). The third-order valence-corrected chi connectivity index (χ3v) is 6.25. The van der Waals surface area contributed by atoms with Gasteiger partial charge in [-0.1, -0.05) is 19.8 Å². The summed E-state index contributed by atoms with van der Waals surface area (Å²) in [6.45, 7) is 3.70. The Morgan fingerprint density at radius 1 is 1.42 bits per heavy atom. The SMILES string of the molecule is CCN(C1CCCCC1CN)S(=O)(=O)C(C)C(=O)O. The van der Waals surface area contributed by atoms with Gasteiger partial charge in [0.25, 0.3) is 0 Å². The van der Waals surface area contributed by atoms with E-state index in [1.807, 2.05) is 0 Å². The van der Waals surface area contributed by atoms with Crippen molar-refractivity contribution in [3.05, 3.63) is 0 Å². The lowest BCUT2D eigenvalue weighted by atomic mass is 9.84. The summed E-state index contributed by atoms with van der Waals surface area (Å²) in [6, 6.07) is -0.157. The average Bonchev–Trinajstić information content (AvgIpc) is 2.38.